The first kappa shape index (κ1) is 12.4. The zero-order valence-electron chi connectivity index (χ0n) is 9.74. The minimum Gasteiger partial charge on any atom is -0.504 e. The summed E-state index contributed by atoms with van der Waals surface area (Å²) in [5.41, 5.74) is 0.688. The molecule has 88 valence electrons. The molecular formula is C12H16O4. The van der Waals surface area contributed by atoms with E-state index in [0.717, 1.165) is 0 Å². The lowest BCUT2D eigenvalue weighted by Gasteiger charge is -2.12. The lowest BCUT2D eigenvalue weighted by molar-refractivity contribution is -0.116. The number of carbonyl (C=O) groups is 1. The van der Waals surface area contributed by atoms with Gasteiger partial charge in [0.2, 0.25) is 5.75 Å². The Kier molecular flexibility index (Phi) is 4.17. The quantitative estimate of drug-likeness (QED) is 0.830. The Morgan fingerprint density at radius 3 is 2.50 bits per heavy atom. The van der Waals surface area contributed by atoms with Crippen LogP contribution in [0, 0.1) is 0 Å². The molecule has 1 rings (SSSR count). The van der Waals surface area contributed by atoms with E-state index in [4.69, 9.17) is 9.47 Å². The van der Waals surface area contributed by atoms with Crippen molar-refractivity contribution in [3.63, 3.8) is 0 Å². The lowest BCUT2D eigenvalue weighted by Crippen LogP contribution is -1.97. The summed E-state index contributed by atoms with van der Waals surface area (Å²) in [6.45, 7) is 1.53. The summed E-state index contributed by atoms with van der Waals surface area (Å²) in [7, 11) is 2.97. The van der Waals surface area contributed by atoms with Gasteiger partial charge in [0.25, 0.3) is 0 Å². The van der Waals surface area contributed by atoms with E-state index in [0.29, 0.717) is 29.9 Å². The molecule has 0 aromatic heterocycles. The van der Waals surface area contributed by atoms with Crippen LogP contribution in [-0.2, 0) is 11.2 Å². The number of methoxy groups -OCH3 is 2. The first-order valence-electron chi connectivity index (χ1n) is 5.02. The number of hydrogen-bond donors (Lipinski definition) is 1. The number of phenols is 1. The van der Waals surface area contributed by atoms with E-state index < -0.39 is 0 Å². The van der Waals surface area contributed by atoms with Gasteiger partial charge >= 0.3 is 0 Å². The van der Waals surface area contributed by atoms with Crippen LogP contribution in [0.5, 0.6) is 17.2 Å². The first-order valence-corrected chi connectivity index (χ1v) is 5.02. The molecule has 0 aliphatic carbocycles. The van der Waals surface area contributed by atoms with Gasteiger partial charge in [0, 0.05) is 6.42 Å². The molecule has 0 saturated carbocycles. The second-order valence-electron chi connectivity index (χ2n) is 3.51. The maximum absolute atomic E-state index is 10.9. The normalized spacial score (nSPS) is 9.94. The number of aryl methyl sites for hydroxylation is 1. The third kappa shape index (κ3) is 2.66. The number of phenolic OH excluding ortho intramolecular Hbond substituents is 1. The van der Waals surface area contributed by atoms with Crippen LogP contribution in [0.1, 0.15) is 18.9 Å². The monoisotopic (exact) mass is 224 g/mol. The molecule has 1 aromatic rings. The molecule has 0 fully saturated rings. The number of rotatable bonds is 5. The molecule has 0 aliphatic heterocycles. The van der Waals surface area contributed by atoms with E-state index in [1.165, 1.54) is 21.1 Å². The third-order valence-electron chi connectivity index (χ3n) is 2.35. The topological polar surface area (TPSA) is 55.8 Å². The highest BCUT2D eigenvalue weighted by Gasteiger charge is 2.13. The van der Waals surface area contributed by atoms with Crippen molar-refractivity contribution in [3.05, 3.63) is 17.7 Å². The van der Waals surface area contributed by atoms with E-state index >= 15 is 0 Å². The minimum atomic E-state index is 0.0445. The fourth-order valence-electron chi connectivity index (χ4n) is 1.46. The number of Topliss-reactive ketones (excluding diaryl/α,β-unsaturated/α-hetero) is 1. The summed E-state index contributed by atoms with van der Waals surface area (Å²) in [6.07, 6.45) is 0.907. The molecule has 0 saturated heterocycles. The summed E-state index contributed by atoms with van der Waals surface area (Å²) in [5, 5.41) is 9.90. The Labute approximate surface area is 94.8 Å². The Hall–Kier alpha value is -1.71. The molecule has 0 aliphatic rings. The molecule has 0 amide bonds. The average molecular weight is 224 g/mol. The van der Waals surface area contributed by atoms with Crippen molar-refractivity contribution in [2.45, 2.75) is 19.8 Å². The number of ketones is 1. The number of benzene rings is 1. The predicted octanol–water partition coefficient (Wildman–Crippen LogP) is 1.93. The van der Waals surface area contributed by atoms with E-state index in [1.54, 1.807) is 12.1 Å². The zero-order chi connectivity index (χ0) is 12.1. The minimum absolute atomic E-state index is 0.0445. The summed E-state index contributed by atoms with van der Waals surface area (Å²) in [4.78, 5) is 10.9. The molecule has 0 bridgehead atoms. The molecule has 0 spiro atoms. The van der Waals surface area contributed by atoms with Crippen molar-refractivity contribution >= 4 is 5.78 Å². The van der Waals surface area contributed by atoms with E-state index in [9.17, 15) is 9.90 Å². The van der Waals surface area contributed by atoms with Gasteiger partial charge in [-0.1, -0.05) is 6.07 Å². The Balaban J connectivity index is 2.99. The summed E-state index contributed by atoms with van der Waals surface area (Å²) < 4.78 is 10.1. The Bertz CT molecular complexity index is 385. The van der Waals surface area contributed by atoms with Crippen LogP contribution in [0.15, 0.2) is 12.1 Å². The second-order valence-corrected chi connectivity index (χ2v) is 3.51. The maximum atomic E-state index is 10.9. The number of carbonyl (C=O) groups excluding carboxylic acids is 1. The van der Waals surface area contributed by atoms with Crippen LogP contribution >= 0.6 is 0 Å². The molecule has 0 atom stereocenters. The number of aromatic hydroxyl groups is 1. The smallest absolute Gasteiger partial charge is 0.203 e. The molecule has 0 unspecified atom stereocenters. The van der Waals surface area contributed by atoms with Gasteiger partial charge in [-0.25, -0.2) is 0 Å². The van der Waals surface area contributed by atoms with E-state index in [2.05, 4.69) is 0 Å². The lowest BCUT2D eigenvalue weighted by atomic mass is 10.1. The Morgan fingerprint density at radius 1 is 1.31 bits per heavy atom. The third-order valence-corrected chi connectivity index (χ3v) is 2.35. The van der Waals surface area contributed by atoms with Crippen LogP contribution in [0.3, 0.4) is 0 Å². The van der Waals surface area contributed by atoms with Gasteiger partial charge in [0.05, 0.1) is 14.2 Å². The van der Waals surface area contributed by atoms with Gasteiger partial charge in [-0.15, -0.1) is 0 Å². The van der Waals surface area contributed by atoms with Crippen LogP contribution in [0.25, 0.3) is 0 Å². The van der Waals surface area contributed by atoms with Gasteiger partial charge in [0.1, 0.15) is 5.78 Å². The summed E-state index contributed by atoms with van der Waals surface area (Å²) >= 11 is 0. The number of ether oxygens (including phenoxy) is 2. The fourth-order valence-corrected chi connectivity index (χ4v) is 1.46. The highest BCUT2D eigenvalue weighted by molar-refractivity contribution is 5.76. The molecule has 0 radical (unpaired) electrons. The predicted molar refractivity (Wildman–Crippen MR) is 60.2 cm³/mol. The zero-order valence-corrected chi connectivity index (χ0v) is 9.74. The van der Waals surface area contributed by atoms with Crippen LogP contribution in [-0.4, -0.2) is 25.1 Å². The largest absolute Gasteiger partial charge is 0.504 e. The van der Waals surface area contributed by atoms with Crippen molar-refractivity contribution in [1.29, 1.82) is 0 Å². The number of hydrogen-bond acceptors (Lipinski definition) is 4. The van der Waals surface area contributed by atoms with Crippen molar-refractivity contribution in [3.8, 4) is 17.2 Å². The van der Waals surface area contributed by atoms with Gasteiger partial charge in [-0.2, -0.15) is 0 Å². The molecule has 0 heterocycles. The molecule has 4 nitrogen and oxygen atoms in total. The maximum Gasteiger partial charge on any atom is 0.203 e. The summed E-state index contributed by atoms with van der Waals surface area (Å²) in [6, 6.07) is 3.45. The first-order chi connectivity index (χ1) is 7.60. The average Bonchev–Trinajstić information content (AvgIpc) is 2.26. The SMILES string of the molecule is COc1ccc(CCC(C)=O)c(O)c1OC. The second kappa shape index (κ2) is 5.39. The highest BCUT2D eigenvalue weighted by atomic mass is 16.5. The highest BCUT2D eigenvalue weighted by Crippen LogP contribution is 2.39. The molecule has 4 heteroatoms. The van der Waals surface area contributed by atoms with Crippen LogP contribution in [0.4, 0.5) is 0 Å². The molecule has 16 heavy (non-hydrogen) atoms. The van der Waals surface area contributed by atoms with Gasteiger partial charge in [-0.3, -0.25) is 0 Å². The van der Waals surface area contributed by atoms with Crippen molar-refractivity contribution in [1.82, 2.24) is 0 Å². The van der Waals surface area contributed by atoms with Crippen molar-refractivity contribution in [2.24, 2.45) is 0 Å². The van der Waals surface area contributed by atoms with E-state index in [-0.39, 0.29) is 11.5 Å². The van der Waals surface area contributed by atoms with Crippen LogP contribution in [0.2, 0.25) is 0 Å². The van der Waals surface area contributed by atoms with Gasteiger partial charge in [0.15, 0.2) is 11.5 Å². The molecular weight excluding hydrogens is 208 g/mol. The van der Waals surface area contributed by atoms with Crippen LogP contribution < -0.4 is 9.47 Å². The van der Waals surface area contributed by atoms with E-state index in [1.807, 2.05) is 0 Å². The molecule has 1 N–H and O–H groups in total. The van der Waals surface area contributed by atoms with Crippen molar-refractivity contribution < 1.29 is 19.4 Å². The standard InChI is InChI=1S/C12H16O4/c1-8(13)4-5-9-6-7-10(15-2)12(16-3)11(9)14/h6-7,14H,4-5H2,1-3H3. The fraction of sp³-hybridized carbons (Fsp3) is 0.417. The van der Waals surface area contributed by atoms with Crippen molar-refractivity contribution in [2.75, 3.05) is 14.2 Å². The Morgan fingerprint density at radius 2 is 2.00 bits per heavy atom. The molecule has 1 aromatic carbocycles. The van der Waals surface area contributed by atoms with Gasteiger partial charge in [-0.05, 0) is 25.0 Å². The van der Waals surface area contributed by atoms with Gasteiger partial charge < -0.3 is 19.4 Å². The summed E-state index contributed by atoms with van der Waals surface area (Å²) in [5.74, 6) is 0.924.